The first-order valence-electron chi connectivity index (χ1n) is 15.1. The second-order valence-corrected chi connectivity index (χ2v) is 11.9. The van der Waals surface area contributed by atoms with Crippen molar-refractivity contribution < 1.29 is 24.1 Å². The summed E-state index contributed by atoms with van der Waals surface area (Å²) in [6.45, 7) is 0.359. The van der Waals surface area contributed by atoms with E-state index in [4.69, 9.17) is 14.2 Å². The van der Waals surface area contributed by atoms with Crippen LogP contribution in [0.3, 0.4) is 0 Å². The molecule has 234 valence electrons. The van der Waals surface area contributed by atoms with E-state index in [0.29, 0.717) is 24.4 Å². The monoisotopic (exact) mass is 633 g/mol. The molecule has 0 unspecified atom stereocenters. The van der Waals surface area contributed by atoms with Gasteiger partial charge in [-0.05, 0) is 65.2 Å². The van der Waals surface area contributed by atoms with Crippen LogP contribution in [-0.2, 0) is 22.6 Å². The third-order valence-electron chi connectivity index (χ3n) is 7.47. The van der Waals surface area contributed by atoms with Crippen molar-refractivity contribution in [3.8, 4) is 11.5 Å². The maximum absolute atomic E-state index is 12.6. The number of nitrogens with one attached hydrogen (secondary N) is 2. The summed E-state index contributed by atoms with van der Waals surface area (Å²) in [5, 5.41) is 16.2. The maximum Gasteiger partial charge on any atom is 0.319 e. The molecule has 0 saturated carbocycles. The number of aliphatic hydroxyl groups excluding tert-OH is 1. The van der Waals surface area contributed by atoms with Crippen LogP contribution in [0.4, 0.5) is 10.5 Å². The first-order valence-corrected chi connectivity index (χ1v) is 16.1. The van der Waals surface area contributed by atoms with Crippen molar-refractivity contribution >= 4 is 23.5 Å². The second kappa shape index (κ2) is 15.6. The lowest BCUT2D eigenvalue weighted by Gasteiger charge is -2.36. The molecular weight excluding hydrogens is 598 g/mol. The highest BCUT2D eigenvalue weighted by Crippen LogP contribution is 2.39. The van der Waals surface area contributed by atoms with Gasteiger partial charge in [-0.3, -0.25) is 0 Å². The highest BCUT2D eigenvalue weighted by atomic mass is 32.2. The molecule has 1 aromatic heterocycles. The lowest BCUT2D eigenvalue weighted by atomic mass is 10.0. The Labute approximate surface area is 272 Å². The van der Waals surface area contributed by atoms with Crippen LogP contribution in [0, 0.1) is 0 Å². The van der Waals surface area contributed by atoms with Crippen molar-refractivity contribution in [1.82, 2.24) is 10.3 Å². The Hall–Kier alpha value is -4.67. The SMILES string of the molecule is O=C(NCc1ccc([C@@H]2O[C@H](CSc3ccccn3)C[C@H](c3ccc(CO)cc3)O2)cc1)Nc1ccc(Oc2ccccc2)cc1. The summed E-state index contributed by atoms with van der Waals surface area (Å²) in [6, 6.07) is 38.1. The van der Waals surface area contributed by atoms with E-state index in [1.807, 2.05) is 109 Å². The minimum atomic E-state index is -0.551. The molecule has 9 heteroatoms. The van der Waals surface area contributed by atoms with E-state index in [2.05, 4.69) is 15.6 Å². The van der Waals surface area contributed by atoms with E-state index in [1.165, 1.54) is 0 Å². The molecule has 4 aromatic carbocycles. The Morgan fingerprint density at radius 1 is 0.804 bits per heavy atom. The first kappa shape index (κ1) is 31.3. The van der Waals surface area contributed by atoms with Crippen molar-refractivity contribution in [3.63, 3.8) is 0 Å². The zero-order valence-corrected chi connectivity index (χ0v) is 25.9. The van der Waals surface area contributed by atoms with Gasteiger partial charge in [0, 0.05) is 36.2 Å². The number of carbonyl (C=O) groups excluding carboxylic acids is 1. The molecule has 8 nitrogen and oxygen atoms in total. The molecule has 2 amide bonds. The minimum Gasteiger partial charge on any atom is -0.457 e. The van der Waals surface area contributed by atoms with Crippen LogP contribution < -0.4 is 15.4 Å². The number of benzene rings is 4. The number of thioether (sulfide) groups is 1. The van der Waals surface area contributed by atoms with Crippen LogP contribution in [-0.4, -0.2) is 28.0 Å². The van der Waals surface area contributed by atoms with Gasteiger partial charge in [-0.1, -0.05) is 72.8 Å². The Morgan fingerprint density at radius 3 is 2.22 bits per heavy atom. The van der Waals surface area contributed by atoms with E-state index >= 15 is 0 Å². The molecule has 2 heterocycles. The maximum atomic E-state index is 12.6. The Balaban J connectivity index is 1.04. The fourth-order valence-electron chi connectivity index (χ4n) is 5.01. The molecule has 0 aliphatic carbocycles. The largest absolute Gasteiger partial charge is 0.457 e. The number of hydrogen-bond acceptors (Lipinski definition) is 7. The van der Waals surface area contributed by atoms with Gasteiger partial charge in [0.25, 0.3) is 0 Å². The average molecular weight is 634 g/mol. The number of nitrogens with zero attached hydrogens (tertiary/aromatic N) is 1. The van der Waals surface area contributed by atoms with E-state index in [9.17, 15) is 9.90 Å². The molecule has 1 aliphatic heterocycles. The lowest BCUT2D eigenvalue weighted by molar-refractivity contribution is -0.245. The number of hydrogen-bond donors (Lipinski definition) is 3. The van der Waals surface area contributed by atoms with Crippen LogP contribution in [0.5, 0.6) is 11.5 Å². The van der Waals surface area contributed by atoms with Crippen molar-refractivity contribution in [1.29, 1.82) is 0 Å². The number of carbonyl (C=O) groups is 1. The summed E-state index contributed by atoms with van der Waals surface area (Å²) in [6.07, 6.45) is 1.72. The molecule has 0 spiro atoms. The molecule has 1 aliphatic rings. The Bertz CT molecular complexity index is 1670. The molecule has 1 fully saturated rings. The highest BCUT2D eigenvalue weighted by molar-refractivity contribution is 7.99. The number of amides is 2. The average Bonchev–Trinajstić information content (AvgIpc) is 3.12. The summed E-state index contributed by atoms with van der Waals surface area (Å²) in [5.41, 5.74) is 4.41. The Kier molecular flexibility index (Phi) is 10.6. The highest BCUT2D eigenvalue weighted by Gasteiger charge is 2.32. The minimum absolute atomic E-state index is 0.00145. The van der Waals surface area contributed by atoms with Gasteiger partial charge in [-0.15, -0.1) is 11.8 Å². The molecule has 0 radical (unpaired) electrons. The number of rotatable bonds is 11. The molecule has 6 rings (SSSR count). The Morgan fingerprint density at radius 2 is 1.50 bits per heavy atom. The van der Waals surface area contributed by atoms with Crippen molar-refractivity contribution in [2.45, 2.75) is 43.1 Å². The smallest absolute Gasteiger partial charge is 0.319 e. The summed E-state index contributed by atoms with van der Waals surface area (Å²) in [4.78, 5) is 17.0. The standard InChI is InChI=1S/C37H35N3O5S/c41-24-27-11-13-28(14-12-27)34-22-33(25-46-35-8-4-5-21-38-35)44-36(45-34)29-15-9-26(10-16-29)23-39-37(42)40-30-17-19-32(20-18-30)43-31-6-2-1-3-7-31/h1-21,33-34,36,41H,22-25H2,(H2,39,40,42)/t33-,34+,36+/m0/s1. The lowest BCUT2D eigenvalue weighted by Crippen LogP contribution is -2.31. The molecule has 0 bridgehead atoms. The van der Waals surface area contributed by atoms with E-state index in [1.54, 1.807) is 30.1 Å². The van der Waals surface area contributed by atoms with Crippen LogP contribution in [0.1, 0.15) is 41.1 Å². The second-order valence-electron chi connectivity index (χ2n) is 10.8. The van der Waals surface area contributed by atoms with Crippen LogP contribution >= 0.6 is 11.8 Å². The quantitative estimate of drug-likeness (QED) is 0.127. The molecule has 5 aromatic rings. The number of anilines is 1. The molecule has 46 heavy (non-hydrogen) atoms. The van der Waals surface area contributed by atoms with Gasteiger partial charge >= 0.3 is 6.03 Å². The van der Waals surface area contributed by atoms with E-state index in [-0.39, 0.29) is 24.8 Å². The fraction of sp³-hybridized carbons (Fsp3) is 0.189. The topological polar surface area (TPSA) is 102 Å². The van der Waals surface area contributed by atoms with E-state index in [0.717, 1.165) is 38.8 Å². The van der Waals surface area contributed by atoms with Crippen molar-refractivity contribution in [3.05, 3.63) is 150 Å². The molecule has 1 saturated heterocycles. The number of urea groups is 1. The van der Waals surface area contributed by atoms with Gasteiger partial charge in [-0.25, -0.2) is 9.78 Å². The summed E-state index contributed by atoms with van der Waals surface area (Å²) < 4.78 is 18.7. The summed E-state index contributed by atoms with van der Waals surface area (Å²) >= 11 is 1.66. The third-order valence-corrected chi connectivity index (χ3v) is 8.54. The van der Waals surface area contributed by atoms with E-state index < -0.39 is 6.29 Å². The van der Waals surface area contributed by atoms with Crippen LogP contribution in [0.25, 0.3) is 0 Å². The number of aliphatic hydroxyl groups is 1. The summed E-state index contributed by atoms with van der Waals surface area (Å²) in [5.74, 6) is 2.18. The van der Waals surface area contributed by atoms with Gasteiger partial charge in [0.2, 0.25) is 0 Å². The predicted octanol–water partition coefficient (Wildman–Crippen LogP) is 8.03. The molecule has 3 atom stereocenters. The molecular formula is C37H35N3O5S. The van der Waals surface area contributed by atoms with Crippen LogP contribution in [0.15, 0.2) is 133 Å². The van der Waals surface area contributed by atoms with Gasteiger partial charge in [0.05, 0.1) is 23.8 Å². The fourth-order valence-corrected chi connectivity index (χ4v) is 5.90. The number of pyridine rings is 1. The zero-order chi connectivity index (χ0) is 31.6. The van der Waals surface area contributed by atoms with Gasteiger partial charge in [-0.2, -0.15) is 0 Å². The normalized spacial score (nSPS) is 17.6. The first-order chi connectivity index (χ1) is 22.6. The van der Waals surface area contributed by atoms with Gasteiger partial charge < -0.3 is 30.0 Å². The number of para-hydroxylation sites is 1. The zero-order valence-electron chi connectivity index (χ0n) is 25.1. The predicted molar refractivity (Wildman–Crippen MR) is 179 cm³/mol. The van der Waals surface area contributed by atoms with Crippen molar-refractivity contribution in [2.24, 2.45) is 0 Å². The van der Waals surface area contributed by atoms with Gasteiger partial charge in [0.1, 0.15) is 11.5 Å². The van der Waals surface area contributed by atoms with Gasteiger partial charge in [0.15, 0.2) is 6.29 Å². The number of ether oxygens (including phenoxy) is 3. The summed E-state index contributed by atoms with van der Waals surface area (Å²) in [7, 11) is 0. The number of aromatic nitrogens is 1. The molecule has 3 N–H and O–H groups in total. The third kappa shape index (κ3) is 8.74. The van der Waals surface area contributed by atoms with Crippen LogP contribution in [0.2, 0.25) is 0 Å². The van der Waals surface area contributed by atoms with Crippen molar-refractivity contribution in [2.75, 3.05) is 11.1 Å².